The number of hydrogen-bond donors (Lipinski definition) is 2. The Morgan fingerprint density at radius 3 is 2.54 bits per heavy atom. The third-order valence-corrected chi connectivity index (χ3v) is 3.84. The number of hydrogen-bond acceptors (Lipinski definition) is 5. The van der Waals surface area contributed by atoms with E-state index in [2.05, 4.69) is 5.32 Å². The van der Waals surface area contributed by atoms with Crippen LogP contribution >= 0.6 is 23.7 Å². The lowest BCUT2D eigenvalue weighted by Crippen LogP contribution is -2.34. The van der Waals surface area contributed by atoms with Crippen molar-refractivity contribution < 1.29 is 14.3 Å². The maximum absolute atomic E-state index is 12.1. The zero-order valence-electron chi connectivity index (χ0n) is 13.2. The summed E-state index contributed by atoms with van der Waals surface area (Å²) >= 11 is 1.35. The number of carbonyl (C=O) groups excluding carboxylic acids is 2. The Labute approximate surface area is 151 Å². The fourth-order valence-electron chi connectivity index (χ4n) is 1.89. The van der Waals surface area contributed by atoms with E-state index in [1.807, 2.05) is 5.38 Å². The average Bonchev–Trinajstić information content (AvgIpc) is 3.07. The Hall–Kier alpha value is -2.09. The van der Waals surface area contributed by atoms with E-state index in [-0.39, 0.29) is 30.8 Å². The zero-order chi connectivity index (χ0) is 16.7. The number of halogens is 1. The molecule has 0 aliphatic rings. The summed E-state index contributed by atoms with van der Waals surface area (Å²) in [7, 11) is 1.60. The van der Waals surface area contributed by atoms with Gasteiger partial charge in [0.05, 0.1) is 11.4 Å². The number of thiophene rings is 1. The molecule has 0 aliphatic heterocycles. The van der Waals surface area contributed by atoms with Gasteiger partial charge in [0.2, 0.25) is 5.91 Å². The minimum absolute atomic E-state index is 0. The van der Waals surface area contributed by atoms with E-state index in [4.69, 9.17) is 10.5 Å². The molecule has 1 heterocycles. The number of anilines is 1. The van der Waals surface area contributed by atoms with Gasteiger partial charge in [-0.05, 0) is 35.7 Å². The van der Waals surface area contributed by atoms with Gasteiger partial charge in [0.25, 0.3) is 5.91 Å². The molecule has 3 N–H and O–H groups in total. The highest BCUT2D eigenvalue weighted by atomic mass is 35.5. The first kappa shape index (κ1) is 20.0. The summed E-state index contributed by atoms with van der Waals surface area (Å²) in [5.41, 5.74) is 6.01. The first-order valence-electron chi connectivity index (χ1n) is 7.12. The van der Waals surface area contributed by atoms with Crippen molar-refractivity contribution in [2.45, 2.75) is 0 Å². The van der Waals surface area contributed by atoms with Gasteiger partial charge < -0.3 is 20.7 Å². The van der Waals surface area contributed by atoms with E-state index in [0.717, 1.165) is 0 Å². The van der Waals surface area contributed by atoms with Crippen molar-refractivity contribution >= 4 is 41.2 Å². The summed E-state index contributed by atoms with van der Waals surface area (Å²) in [5, 5.41) is 4.58. The standard InChI is InChI=1S/C16H19N3O3S.ClH/c1-19(16(21)14-3-2-10-23-14)11-15(20)18-12-4-6-13(7-5-12)22-9-8-17;/h2-7,10H,8-9,11,17H2,1H3,(H,18,20);1H. The quantitative estimate of drug-likeness (QED) is 0.783. The third-order valence-electron chi connectivity index (χ3n) is 2.98. The van der Waals surface area contributed by atoms with Crippen molar-refractivity contribution in [3.8, 4) is 5.75 Å². The summed E-state index contributed by atoms with van der Waals surface area (Å²) in [5.74, 6) is 0.271. The van der Waals surface area contributed by atoms with Gasteiger partial charge in [-0.15, -0.1) is 23.7 Å². The predicted molar refractivity (Wildman–Crippen MR) is 98.1 cm³/mol. The Kier molecular flexibility index (Phi) is 8.25. The smallest absolute Gasteiger partial charge is 0.264 e. The van der Waals surface area contributed by atoms with Gasteiger partial charge in [-0.3, -0.25) is 9.59 Å². The van der Waals surface area contributed by atoms with E-state index >= 15 is 0 Å². The Morgan fingerprint density at radius 1 is 1.25 bits per heavy atom. The molecular formula is C16H20ClN3O3S. The molecule has 1 aromatic heterocycles. The predicted octanol–water partition coefficient (Wildman–Crippen LogP) is 2.22. The van der Waals surface area contributed by atoms with Crippen molar-refractivity contribution in [2.24, 2.45) is 5.73 Å². The molecule has 0 aliphatic carbocycles. The summed E-state index contributed by atoms with van der Waals surface area (Å²) < 4.78 is 5.36. The first-order valence-corrected chi connectivity index (χ1v) is 8.00. The van der Waals surface area contributed by atoms with Gasteiger partial charge >= 0.3 is 0 Å². The van der Waals surface area contributed by atoms with E-state index in [1.165, 1.54) is 16.2 Å². The second kappa shape index (κ2) is 9.92. The maximum Gasteiger partial charge on any atom is 0.264 e. The topological polar surface area (TPSA) is 84.7 Å². The van der Waals surface area contributed by atoms with Gasteiger partial charge in [-0.1, -0.05) is 6.07 Å². The van der Waals surface area contributed by atoms with E-state index in [1.54, 1.807) is 43.4 Å². The first-order chi connectivity index (χ1) is 11.1. The molecule has 8 heteroatoms. The van der Waals surface area contributed by atoms with Gasteiger partial charge in [-0.25, -0.2) is 0 Å². The summed E-state index contributed by atoms with van der Waals surface area (Å²) in [6, 6.07) is 10.5. The number of likely N-dealkylation sites (N-methyl/N-ethyl adjacent to an activating group) is 1. The van der Waals surface area contributed by atoms with Crippen molar-refractivity contribution in [2.75, 3.05) is 32.1 Å². The number of carbonyl (C=O) groups is 2. The van der Waals surface area contributed by atoms with Crippen LogP contribution in [0.25, 0.3) is 0 Å². The lowest BCUT2D eigenvalue weighted by molar-refractivity contribution is -0.116. The SMILES string of the molecule is CN(CC(=O)Nc1ccc(OCCN)cc1)C(=O)c1cccs1.Cl. The highest BCUT2D eigenvalue weighted by Crippen LogP contribution is 2.16. The van der Waals surface area contributed by atoms with Crippen LogP contribution in [-0.2, 0) is 4.79 Å². The molecule has 0 bridgehead atoms. The molecule has 2 amide bonds. The van der Waals surface area contributed by atoms with Gasteiger partial charge in [0.15, 0.2) is 0 Å². The third kappa shape index (κ3) is 5.84. The molecule has 1 aromatic carbocycles. The fraction of sp³-hybridized carbons (Fsp3) is 0.250. The maximum atomic E-state index is 12.1. The fourth-order valence-corrected chi connectivity index (χ4v) is 2.60. The number of nitrogens with two attached hydrogens (primary N) is 1. The Bertz CT molecular complexity index is 647. The molecule has 24 heavy (non-hydrogen) atoms. The Balaban J connectivity index is 0.00000288. The monoisotopic (exact) mass is 369 g/mol. The second-order valence-electron chi connectivity index (χ2n) is 4.85. The molecule has 0 unspecified atom stereocenters. The normalized spacial score (nSPS) is 9.75. The highest BCUT2D eigenvalue weighted by Gasteiger charge is 2.15. The molecule has 6 nitrogen and oxygen atoms in total. The van der Waals surface area contributed by atoms with Crippen molar-refractivity contribution in [3.63, 3.8) is 0 Å². The van der Waals surface area contributed by atoms with Crippen LogP contribution in [0.2, 0.25) is 0 Å². The van der Waals surface area contributed by atoms with Crippen LogP contribution in [-0.4, -0.2) is 43.5 Å². The number of nitrogens with one attached hydrogen (secondary N) is 1. The zero-order valence-corrected chi connectivity index (χ0v) is 14.9. The summed E-state index contributed by atoms with van der Waals surface area (Å²) in [6.07, 6.45) is 0. The lowest BCUT2D eigenvalue weighted by Gasteiger charge is -2.16. The van der Waals surface area contributed by atoms with Crippen LogP contribution in [0.15, 0.2) is 41.8 Å². The largest absolute Gasteiger partial charge is 0.492 e. The number of amides is 2. The Morgan fingerprint density at radius 2 is 1.96 bits per heavy atom. The number of benzene rings is 1. The van der Waals surface area contributed by atoms with Crippen LogP contribution in [0.4, 0.5) is 5.69 Å². The lowest BCUT2D eigenvalue weighted by atomic mass is 10.3. The molecule has 0 saturated heterocycles. The van der Waals surface area contributed by atoms with Gasteiger partial charge in [0, 0.05) is 19.3 Å². The molecule has 2 aromatic rings. The van der Waals surface area contributed by atoms with E-state index < -0.39 is 0 Å². The molecule has 2 rings (SSSR count). The molecular weight excluding hydrogens is 350 g/mol. The minimum atomic E-state index is -0.256. The van der Waals surface area contributed by atoms with Crippen LogP contribution in [0, 0.1) is 0 Å². The van der Waals surface area contributed by atoms with Crippen molar-refractivity contribution in [1.82, 2.24) is 4.90 Å². The molecule has 130 valence electrons. The summed E-state index contributed by atoms with van der Waals surface area (Å²) in [6.45, 7) is 0.882. The molecule has 0 radical (unpaired) electrons. The van der Waals surface area contributed by atoms with Crippen molar-refractivity contribution in [1.29, 1.82) is 0 Å². The van der Waals surface area contributed by atoms with Crippen LogP contribution in [0.1, 0.15) is 9.67 Å². The average molecular weight is 370 g/mol. The molecule has 0 saturated carbocycles. The van der Waals surface area contributed by atoms with Gasteiger partial charge in [-0.2, -0.15) is 0 Å². The van der Waals surface area contributed by atoms with E-state index in [0.29, 0.717) is 29.5 Å². The number of nitrogens with zero attached hydrogens (tertiary/aromatic N) is 1. The van der Waals surface area contributed by atoms with Crippen molar-refractivity contribution in [3.05, 3.63) is 46.7 Å². The van der Waals surface area contributed by atoms with Gasteiger partial charge in [0.1, 0.15) is 12.4 Å². The number of rotatable bonds is 7. The molecule has 0 fully saturated rings. The highest BCUT2D eigenvalue weighted by molar-refractivity contribution is 7.12. The number of ether oxygens (including phenoxy) is 1. The minimum Gasteiger partial charge on any atom is -0.492 e. The van der Waals surface area contributed by atoms with Crippen LogP contribution in [0.3, 0.4) is 0 Å². The summed E-state index contributed by atoms with van der Waals surface area (Å²) in [4.78, 5) is 26.1. The second-order valence-corrected chi connectivity index (χ2v) is 5.80. The van der Waals surface area contributed by atoms with Crippen LogP contribution < -0.4 is 15.8 Å². The van der Waals surface area contributed by atoms with E-state index in [9.17, 15) is 9.59 Å². The van der Waals surface area contributed by atoms with Crippen LogP contribution in [0.5, 0.6) is 5.75 Å². The molecule has 0 spiro atoms. The molecule has 0 atom stereocenters.